The molecule has 0 aromatic heterocycles. The molecule has 2 N–H and O–H groups in total. The molecule has 2 aromatic rings. The second kappa shape index (κ2) is 8.78. The summed E-state index contributed by atoms with van der Waals surface area (Å²) in [7, 11) is 0. The van der Waals surface area contributed by atoms with Crippen molar-refractivity contribution >= 4 is 12.1 Å². The third-order valence-corrected chi connectivity index (χ3v) is 3.98. The normalized spacial score (nSPS) is 13.3. The number of carbonyl (C=O) groups excluding carboxylic acids is 1. The van der Waals surface area contributed by atoms with Gasteiger partial charge in [-0.3, -0.25) is 0 Å². The highest BCUT2D eigenvalue weighted by atomic mass is 16.6. The molecule has 0 radical (unpaired) electrons. The molecule has 2 aromatic carbocycles. The summed E-state index contributed by atoms with van der Waals surface area (Å²) in [5.41, 5.74) is -0.379. The number of amides is 1. The molecular formula is C22H27NO5. The summed E-state index contributed by atoms with van der Waals surface area (Å²) in [6.45, 7) is 7.07. The molecule has 1 amide bonds. The first kappa shape index (κ1) is 21.3. The van der Waals surface area contributed by atoms with Crippen LogP contribution in [0.25, 0.3) is 0 Å². The van der Waals surface area contributed by atoms with Crippen LogP contribution < -0.4 is 10.1 Å². The minimum atomic E-state index is -1.49. The van der Waals surface area contributed by atoms with Crippen LogP contribution in [-0.4, -0.2) is 28.3 Å². The highest BCUT2D eigenvalue weighted by molar-refractivity contribution is 5.84. The predicted octanol–water partition coefficient (Wildman–Crippen LogP) is 4.18. The van der Waals surface area contributed by atoms with Gasteiger partial charge in [-0.25, -0.2) is 9.59 Å². The summed E-state index contributed by atoms with van der Waals surface area (Å²) in [4.78, 5) is 23.8. The molecule has 150 valence electrons. The number of benzene rings is 2. The van der Waals surface area contributed by atoms with Crippen LogP contribution in [0.1, 0.15) is 38.8 Å². The maximum Gasteiger partial charge on any atom is 0.408 e. The number of hydrogen-bond donors (Lipinski definition) is 2. The van der Waals surface area contributed by atoms with Crippen LogP contribution >= 0.6 is 0 Å². The topological polar surface area (TPSA) is 84.9 Å². The molecule has 0 saturated carbocycles. The number of alkyl carbamates (subject to hydrolysis) is 1. The number of carboxylic acids is 1. The fraction of sp³-hybridized carbons (Fsp3) is 0.364. The Morgan fingerprint density at radius 1 is 0.929 bits per heavy atom. The molecule has 6 nitrogen and oxygen atoms in total. The van der Waals surface area contributed by atoms with Gasteiger partial charge in [-0.1, -0.05) is 42.5 Å². The minimum Gasteiger partial charge on any atom is -0.489 e. The van der Waals surface area contributed by atoms with Crippen molar-refractivity contribution in [3.8, 4) is 5.75 Å². The Labute approximate surface area is 165 Å². The zero-order chi connectivity index (χ0) is 20.8. The number of carboxylic acid groups (broad SMARTS) is 1. The summed E-state index contributed by atoms with van der Waals surface area (Å²) < 4.78 is 10.9. The van der Waals surface area contributed by atoms with Gasteiger partial charge in [-0.05, 0) is 51.0 Å². The Morgan fingerprint density at radius 3 is 2.07 bits per heavy atom. The number of nitrogens with one attached hydrogen (secondary N) is 1. The maximum atomic E-state index is 12.0. The van der Waals surface area contributed by atoms with Crippen LogP contribution in [0.15, 0.2) is 54.6 Å². The minimum absolute atomic E-state index is 0.112. The molecule has 0 fully saturated rings. The molecule has 0 unspecified atom stereocenters. The van der Waals surface area contributed by atoms with Crippen LogP contribution in [0.2, 0.25) is 0 Å². The highest BCUT2D eigenvalue weighted by Crippen LogP contribution is 2.19. The van der Waals surface area contributed by atoms with Gasteiger partial charge in [0.1, 0.15) is 23.5 Å². The van der Waals surface area contributed by atoms with E-state index < -0.39 is 23.2 Å². The standard InChI is InChI=1S/C22H27NO5/c1-21(2,3)28-20(26)23-22(4,19(24)25)14-16-10-12-18(13-11-16)27-15-17-8-6-5-7-9-17/h5-13H,14-15H2,1-4H3,(H,23,26)(H,24,25)/t22-/m1/s1. The number of aliphatic carboxylic acids is 1. The molecule has 0 aliphatic carbocycles. The van der Waals surface area contributed by atoms with Gasteiger partial charge in [-0.15, -0.1) is 0 Å². The van der Waals surface area contributed by atoms with Gasteiger partial charge in [0.05, 0.1) is 0 Å². The molecule has 28 heavy (non-hydrogen) atoms. The lowest BCUT2D eigenvalue weighted by Crippen LogP contribution is -2.54. The molecular weight excluding hydrogens is 358 g/mol. The van der Waals surface area contributed by atoms with Gasteiger partial charge >= 0.3 is 12.1 Å². The zero-order valence-corrected chi connectivity index (χ0v) is 16.7. The predicted molar refractivity (Wildman–Crippen MR) is 106 cm³/mol. The lowest BCUT2D eigenvalue weighted by atomic mass is 9.93. The van der Waals surface area contributed by atoms with Crippen molar-refractivity contribution in [2.45, 2.75) is 51.9 Å². The van der Waals surface area contributed by atoms with E-state index in [0.717, 1.165) is 11.1 Å². The fourth-order valence-corrected chi connectivity index (χ4v) is 2.55. The average molecular weight is 385 g/mol. The Balaban J connectivity index is 2.00. The van der Waals surface area contributed by atoms with Crippen molar-refractivity contribution < 1.29 is 24.2 Å². The van der Waals surface area contributed by atoms with Gasteiger partial charge < -0.3 is 19.9 Å². The van der Waals surface area contributed by atoms with E-state index in [4.69, 9.17) is 9.47 Å². The fourth-order valence-electron chi connectivity index (χ4n) is 2.55. The Hall–Kier alpha value is -3.02. The largest absolute Gasteiger partial charge is 0.489 e. The van der Waals surface area contributed by atoms with Gasteiger partial charge in [0.2, 0.25) is 0 Å². The maximum absolute atomic E-state index is 12.0. The molecule has 0 bridgehead atoms. The third-order valence-electron chi connectivity index (χ3n) is 3.98. The SMILES string of the molecule is CC(C)(C)OC(=O)N[C@](C)(Cc1ccc(OCc2ccccc2)cc1)C(=O)O. The van der Waals surface area contributed by atoms with Crippen molar-refractivity contribution in [1.82, 2.24) is 5.32 Å². The lowest BCUT2D eigenvalue weighted by molar-refractivity contribution is -0.144. The first-order chi connectivity index (χ1) is 13.1. The molecule has 2 rings (SSSR count). The first-order valence-electron chi connectivity index (χ1n) is 9.08. The smallest absolute Gasteiger partial charge is 0.408 e. The van der Waals surface area contributed by atoms with E-state index in [0.29, 0.717) is 12.4 Å². The number of hydrogen-bond acceptors (Lipinski definition) is 4. The van der Waals surface area contributed by atoms with Crippen LogP contribution in [0.5, 0.6) is 5.75 Å². The van der Waals surface area contributed by atoms with Crippen molar-refractivity contribution in [3.05, 3.63) is 65.7 Å². The van der Waals surface area contributed by atoms with Crippen LogP contribution in [0.4, 0.5) is 4.79 Å². The molecule has 1 atom stereocenters. The van der Waals surface area contributed by atoms with Gasteiger partial charge in [-0.2, -0.15) is 0 Å². The van der Waals surface area contributed by atoms with E-state index in [1.807, 2.05) is 30.3 Å². The molecule has 0 aliphatic heterocycles. The van der Waals surface area contributed by atoms with Crippen LogP contribution in [0, 0.1) is 0 Å². The third kappa shape index (κ3) is 6.61. The van der Waals surface area contributed by atoms with Crippen molar-refractivity contribution in [3.63, 3.8) is 0 Å². The zero-order valence-electron chi connectivity index (χ0n) is 16.7. The summed E-state index contributed by atoms with van der Waals surface area (Å²) in [6, 6.07) is 17.0. The van der Waals surface area contributed by atoms with Crippen molar-refractivity contribution in [2.24, 2.45) is 0 Å². The molecule has 0 aliphatic rings. The summed E-state index contributed by atoms with van der Waals surface area (Å²) in [5, 5.41) is 12.1. The molecule has 6 heteroatoms. The summed E-state index contributed by atoms with van der Waals surface area (Å²) in [6.07, 6.45) is -0.652. The average Bonchev–Trinajstić information content (AvgIpc) is 2.60. The van der Waals surface area contributed by atoms with E-state index in [-0.39, 0.29) is 6.42 Å². The number of rotatable bonds is 7. The monoisotopic (exact) mass is 385 g/mol. The van der Waals surface area contributed by atoms with E-state index in [9.17, 15) is 14.7 Å². The van der Waals surface area contributed by atoms with Crippen molar-refractivity contribution in [1.29, 1.82) is 0 Å². The first-order valence-corrected chi connectivity index (χ1v) is 9.08. The van der Waals surface area contributed by atoms with E-state index in [1.165, 1.54) is 6.92 Å². The molecule has 0 saturated heterocycles. The lowest BCUT2D eigenvalue weighted by Gasteiger charge is -2.28. The van der Waals surface area contributed by atoms with Crippen LogP contribution in [0.3, 0.4) is 0 Å². The van der Waals surface area contributed by atoms with Gasteiger partial charge in [0.15, 0.2) is 0 Å². The second-order valence-corrected chi connectivity index (χ2v) is 7.86. The highest BCUT2D eigenvalue weighted by Gasteiger charge is 2.36. The Morgan fingerprint density at radius 2 is 1.54 bits per heavy atom. The summed E-state index contributed by atoms with van der Waals surface area (Å²) >= 11 is 0. The molecule has 0 spiro atoms. The van der Waals surface area contributed by atoms with E-state index >= 15 is 0 Å². The van der Waals surface area contributed by atoms with Gasteiger partial charge in [0.25, 0.3) is 0 Å². The van der Waals surface area contributed by atoms with E-state index in [2.05, 4.69) is 5.32 Å². The Bertz CT molecular complexity index is 796. The van der Waals surface area contributed by atoms with Crippen molar-refractivity contribution in [2.75, 3.05) is 0 Å². The molecule has 0 heterocycles. The van der Waals surface area contributed by atoms with Crippen LogP contribution in [-0.2, 0) is 22.6 Å². The second-order valence-electron chi connectivity index (χ2n) is 7.86. The van der Waals surface area contributed by atoms with E-state index in [1.54, 1.807) is 45.0 Å². The number of carbonyl (C=O) groups is 2. The quantitative estimate of drug-likeness (QED) is 0.747. The number of ether oxygens (including phenoxy) is 2. The summed E-state index contributed by atoms with van der Waals surface area (Å²) in [5.74, 6) is -0.451. The van der Waals surface area contributed by atoms with Gasteiger partial charge in [0, 0.05) is 6.42 Å². The Kier molecular flexibility index (Phi) is 6.67.